The van der Waals surface area contributed by atoms with Crippen molar-refractivity contribution < 1.29 is 10.2 Å². The van der Waals surface area contributed by atoms with Crippen molar-refractivity contribution in [3.05, 3.63) is 31.2 Å². The molecule has 0 aliphatic carbocycles. The Kier molecular flexibility index (Phi) is 4.37. The maximum Gasteiger partial charge on any atom is 0.114 e. The lowest BCUT2D eigenvalue weighted by atomic mass is 10.2. The fourth-order valence-electron chi connectivity index (χ4n) is 0.893. The summed E-state index contributed by atoms with van der Waals surface area (Å²) in [4.78, 5) is 3.14. The molecule has 0 aliphatic heterocycles. The minimum Gasteiger partial charge on any atom is -0.390 e. The van der Waals surface area contributed by atoms with Crippen molar-refractivity contribution in [3.8, 4) is 0 Å². The molecule has 0 saturated heterocycles. The van der Waals surface area contributed by atoms with Crippen LogP contribution in [0.2, 0.25) is 0 Å². The molecule has 14 heavy (non-hydrogen) atoms. The highest BCUT2D eigenvalue weighted by atomic mass is 79.9. The van der Waals surface area contributed by atoms with Crippen molar-refractivity contribution in [1.82, 2.24) is 0 Å². The Morgan fingerprint density at radius 1 is 1.64 bits per heavy atom. The highest BCUT2D eigenvalue weighted by molar-refractivity contribution is 9.10. The van der Waals surface area contributed by atoms with E-state index in [0.29, 0.717) is 4.88 Å². The van der Waals surface area contributed by atoms with Gasteiger partial charge in [0.1, 0.15) is 6.10 Å². The van der Waals surface area contributed by atoms with Crippen LogP contribution in [0.3, 0.4) is 0 Å². The first kappa shape index (κ1) is 11.5. The lowest BCUT2D eigenvalue weighted by Crippen LogP contribution is -2.20. The average molecular weight is 278 g/mol. The highest BCUT2D eigenvalue weighted by Gasteiger charge is 2.18. The molecule has 0 aliphatic rings. The molecule has 0 spiro atoms. The average Bonchev–Trinajstić information content (AvgIpc) is 2.60. The van der Waals surface area contributed by atoms with E-state index in [1.165, 1.54) is 11.3 Å². The number of halogens is 1. The second kappa shape index (κ2) is 5.33. The van der Waals surface area contributed by atoms with Crippen LogP contribution in [0.1, 0.15) is 11.0 Å². The number of aliphatic hydroxyl groups is 2. The molecular weight excluding hydrogens is 270 g/mol. The van der Waals surface area contributed by atoms with E-state index < -0.39 is 12.2 Å². The molecule has 7 heteroatoms. The van der Waals surface area contributed by atoms with Crippen LogP contribution in [0.25, 0.3) is 10.4 Å². The van der Waals surface area contributed by atoms with Crippen LogP contribution in [-0.4, -0.2) is 22.9 Å². The fourth-order valence-corrected chi connectivity index (χ4v) is 2.38. The van der Waals surface area contributed by atoms with Crippen molar-refractivity contribution in [2.45, 2.75) is 12.2 Å². The van der Waals surface area contributed by atoms with E-state index in [1.807, 2.05) is 0 Å². The van der Waals surface area contributed by atoms with Crippen molar-refractivity contribution >= 4 is 27.3 Å². The molecule has 76 valence electrons. The number of thiophene rings is 1. The van der Waals surface area contributed by atoms with Gasteiger partial charge in [0, 0.05) is 19.6 Å². The zero-order valence-corrected chi connectivity index (χ0v) is 9.44. The van der Waals surface area contributed by atoms with Crippen molar-refractivity contribution in [2.24, 2.45) is 5.11 Å². The molecule has 0 radical (unpaired) electrons. The summed E-state index contributed by atoms with van der Waals surface area (Å²) in [6.45, 7) is -0.132. The Hall–Kier alpha value is -0.590. The Balaban J connectivity index is 2.64. The van der Waals surface area contributed by atoms with Gasteiger partial charge >= 0.3 is 0 Å². The second-order valence-electron chi connectivity index (χ2n) is 2.59. The van der Waals surface area contributed by atoms with Gasteiger partial charge in [-0.1, -0.05) is 5.11 Å². The minimum absolute atomic E-state index is 0.132. The van der Waals surface area contributed by atoms with Crippen LogP contribution in [0, 0.1) is 0 Å². The normalized spacial score (nSPS) is 14.5. The third-order valence-corrected chi connectivity index (χ3v) is 3.34. The van der Waals surface area contributed by atoms with Crippen molar-refractivity contribution in [1.29, 1.82) is 0 Å². The molecule has 1 aromatic heterocycles. The summed E-state index contributed by atoms with van der Waals surface area (Å²) in [6.07, 6.45) is -2.06. The number of hydrogen-bond donors (Lipinski definition) is 2. The predicted molar refractivity (Wildman–Crippen MR) is 57.0 cm³/mol. The Morgan fingerprint density at radius 3 is 2.86 bits per heavy atom. The second-order valence-corrected chi connectivity index (χ2v) is 4.45. The van der Waals surface area contributed by atoms with Crippen LogP contribution < -0.4 is 0 Å². The van der Waals surface area contributed by atoms with Gasteiger partial charge in [-0.15, -0.1) is 11.3 Å². The summed E-state index contributed by atoms with van der Waals surface area (Å²) < 4.78 is 0.854. The monoisotopic (exact) mass is 277 g/mol. The molecule has 1 heterocycles. The van der Waals surface area contributed by atoms with Crippen molar-refractivity contribution in [3.63, 3.8) is 0 Å². The summed E-state index contributed by atoms with van der Waals surface area (Å²) >= 11 is 4.57. The highest BCUT2D eigenvalue weighted by Crippen LogP contribution is 2.27. The number of hydrogen-bond acceptors (Lipinski definition) is 4. The Labute approximate surface area is 92.8 Å². The summed E-state index contributed by atoms with van der Waals surface area (Å²) in [5.74, 6) is 0. The van der Waals surface area contributed by atoms with Crippen LogP contribution >= 0.6 is 27.3 Å². The molecular formula is C7H8BrN3O2S. The van der Waals surface area contributed by atoms with Crippen LogP contribution in [-0.2, 0) is 0 Å². The van der Waals surface area contributed by atoms with E-state index in [2.05, 4.69) is 26.0 Å². The lowest BCUT2D eigenvalue weighted by molar-refractivity contribution is 0.0266. The quantitative estimate of drug-likeness (QED) is 0.502. The molecule has 2 atom stereocenters. The zero-order valence-electron chi connectivity index (χ0n) is 7.04. The summed E-state index contributed by atoms with van der Waals surface area (Å²) in [5.41, 5.74) is 8.03. The molecule has 5 nitrogen and oxygen atoms in total. The first-order chi connectivity index (χ1) is 6.65. The molecule has 0 amide bonds. The van der Waals surface area contributed by atoms with E-state index in [9.17, 15) is 10.2 Å². The van der Waals surface area contributed by atoms with Gasteiger partial charge in [-0.05, 0) is 27.5 Å². The van der Waals surface area contributed by atoms with Crippen LogP contribution in [0.5, 0.6) is 0 Å². The van der Waals surface area contributed by atoms with E-state index in [0.717, 1.165) is 4.47 Å². The van der Waals surface area contributed by atoms with E-state index in [-0.39, 0.29) is 6.54 Å². The molecule has 1 rings (SSSR count). The number of rotatable bonds is 4. The van der Waals surface area contributed by atoms with Gasteiger partial charge in [0.2, 0.25) is 0 Å². The Morgan fingerprint density at radius 2 is 2.36 bits per heavy atom. The SMILES string of the molecule is [N-]=[N+]=NCC(O)C(O)c1cc(Br)cs1. The molecule has 1 aromatic rings. The largest absolute Gasteiger partial charge is 0.390 e. The first-order valence-electron chi connectivity index (χ1n) is 3.76. The zero-order chi connectivity index (χ0) is 10.6. The minimum atomic E-state index is -1.06. The topological polar surface area (TPSA) is 89.2 Å². The summed E-state index contributed by atoms with van der Waals surface area (Å²) in [5, 5.41) is 24.0. The number of azide groups is 1. The van der Waals surface area contributed by atoms with Gasteiger partial charge in [0.05, 0.1) is 12.6 Å². The molecule has 0 fully saturated rings. The standard InChI is InChI=1S/C7H8BrN3O2S/c8-4-1-6(14-3-4)7(13)5(12)2-10-11-9/h1,3,5,7,12-13H,2H2. The summed E-state index contributed by atoms with van der Waals surface area (Å²) in [6, 6.07) is 1.72. The molecule has 2 N–H and O–H groups in total. The van der Waals surface area contributed by atoms with E-state index in [1.54, 1.807) is 11.4 Å². The van der Waals surface area contributed by atoms with Gasteiger partial charge < -0.3 is 10.2 Å². The maximum atomic E-state index is 9.59. The number of aliphatic hydroxyl groups excluding tert-OH is 2. The molecule has 0 bridgehead atoms. The van der Waals surface area contributed by atoms with Crippen molar-refractivity contribution in [2.75, 3.05) is 6.54 Å². The first-order valence-corrected chi connectivity index (χ1v) is 5.43. The lowest BCUT2D eigenvalue weighted by Gasteiger charge is -2.13. The van der Waals surface area contributed by atoms with Crippen LogP contribution in [0.15, 0.2) is 21.0 Å². The fraction of sp³-hybridized carbons (Fsp3) is 0.429. The van der Waals surface area contributed by atoms with E-state index >= 15 is 0 Å². The third-order valence-electron chi connectivity index (χ3n) is 1.58. The van der Waals surface area contributed by atoms with Gasteiger partial charge in [-0.2, -0.15) is 0 Å². The Bertz CT molecular complexity index is 350. The third kappa shape index (κ3) is 2.97. The van der Waals surface area contributed by atoms with Gasteiger partial charge in [0.25, 0.3) is 0 Å². The molecule has 2 unspecified atom stereocenters. The van der Waals surface area contributed by atoms with Gasteiger partial charge in [-0.3, -0.25) is 0 Å². The number of nitrogens with zero attached hydrogens (tertiary/aromatic N) is 3. The van der Waals surface area contributed by atoms with Gasteiger partial charge in [0.15, 0.2) is 0 Å². The predicted octanol–water partition coefficient (Wildman–Crippen LogP) is 2.22. The van der Waals surface area contributed by atoms with Crippen LogP contribution in [0.4, 0.5) is 0 Å². The molecule has 0 saturated carbocycles. The van der Waals surface area contributed by atoms with Gasteiger partial charge in [-0.25, -0.2) is 0 Å². The maximum absolute atomic E-state index is 9.59. The van der Waals surface area contributed by atoms with E-state index in [4.69, 9.17) is 5.53 Å². The molecule has 0 aromatic carbocycles. The summed E-state index contributed by atoms with van der Waals surface area (Å²) in [7, 11) is 0. The smallest absolute Gasteiger partial charge is 0.114 e.